The molecule has 0 spiro atoms. The molecule has 2 N–H and O–H groups in total. The zero-order valence-corrected chi connectivity index (χ0v) is 20.7. The smallest absolute Gasteiger partial charge is 0.336 e. The van der Waals surface area contributed by atoms with E-state index in [1.165, 1.54) is 0 Å². The second-order valence-corrected chi connectivity index (χ2v) is 9.41. The Kier molecular flexibility index (Phi) is 7.91. The number of benzene rings is 4. The van der Waals surface area contributed by atoms with E-state index < -0.39 is 10.7 Å². The average molecular weight is 484 g/mol. The molecule has 0 aliphatic rings. The van der Waals surface area contributed by atoms with Crippen molar-refractivity contribution in [2.45, 2.75) is 17.0 Å². The summed E-state index contributed by atoms with van der Waals surface area (Å²) >= 11 is 1.70. The van der Waals surface area contributed by atoms with Gasteiger partial charge in [-0.1, -0.05) is 97.9 Å². The number of carbonyl (C=O) groups is 1. The number of carboxylic acids is 1. The van der Waals surface area contributed by atoms with Gasteiger partial charge < -0.3 is 15.2 Å². The van der Waals surface area contributed by atoms with Gasteiger partial charge in [-0.15, -0.1) is 11.8 Å². The second-order valence-electron chi connectivity index (χ2n) is 8.09. The summed E-state index contributed by atoms with van der Waals surface area (Å²) in [5, 5.41) is 13.2. The number of rotatable bonds is 10. The van der Waals surface area contributed by atoms with Gasteiger partial charge in [0.1, 0.15) is 5.75 Å². The molecule has 1 atom stereocenters. The predicted octanol–water partition coefficient (Wildman–Crippen LogP) is 6.73. The highest BCUT2D eigenvalue weighted by atomic mass is 32.2. The maximum absolute atomic E-state index is 12.1. The Balaban J connectivity index is 1.98. The van der Waals surface area contributed by atoms with Crippen molar-refractivity contribution in [1.29, 1.82) is 0 Å². The lowest BCUT2D eigenvalue weighted by molar-refractivity contribution is 0.0695. The van der Waals surface area contributed by atoms with Gasteiger partial charge in [0, 0.05) is 0 Å². The minimum absolute atomic E-state index is 0.283. The normalized spacial score (nSPS) is 12.2. The molecule has 35 heavy (non-hydrogen) atoms. The molecule has 178 valence electrons. The van der Waals surface area contributed by atoms with E-state index in [0.29, 0.717) is 12.1 Å². The maximum Gasteiger partial charge on any atom is 0.336 e. The van der Waals surface area contributed by atoms with Crippen molar-refractivity contribution < 1.29 is 14.6 Å². The highest BCUT2D eigenvalue weighted by Crippen LogP contribution is 2.53. The van der Waals surface area contributed by atoms with Gasteiger partial charge in [0.05, 0.1) is 22.8 Å². The Morgan fingerprint density at radius 1 is 0.829 bits per heavy atom. The van der Waals surface area contributed by atoms with Crippen LogP contribution in [0.25, 0.3) is 0 Å². The molecule has 0 aliphatic heterocycles. The largest absolute Gasteiger partial charge is 0.497 e. The highest BCUT2D eigenvalue weighted by Gasteiger charge is 2.40. The van der Waals surface area contributed by atoms with Crippen LogP contribution in [-0.4, -0.2) is 24.7 Å². The lowest BCUT2D eigenvalue weighted by atomic mass is 9.84. The third-order valence-corrected chi connectivity index (χ3v) is 7.73. The van der Waals surface area contributed by atoms with Crippen LogP contribution in [0, 0.1) is 0 Å². The van der Waals surface area contributed by atoms with Crippen molar-refractivity contribution in [2.24, 2.45) is 0 Å². The number of ether oxygens (including phenoxy) is 1. The Morgan fingerprint density at radius 2 is 1.34 bits per heavy atom. The molecule has 0 saturated heterocycles. The quantitative estimate of drug-likeness (QED) is 0.194. The molecular formula is C30H29NO3S. The van der Waals surface area contributed by atoms with Crippen LogP contribution < -0.4 is 10.1 Å². The Labute approximate surface area is 211 Å². The van der Waals surface area contributed by atoms with E-state index >= 15 is 0 Å². The number of methoxy groups -OCH3 is 1. The van der Waals surface area contributed by atoms with Gasteiger partial charge in [-0.3, -0.25) is 0 Å². The molecule has 4 aromatic rings. The van der Waals surface area contributed by atoms with Crippen molar-refractivity contribution in [2.75, 3.05) is 13.7 Å². The predicted molar refractivity (Wildman–Crippen MR) is 143 cm³/mol. The van der Waals surface area contributed by atoms with Crippen LogP contribution in [0.3, 0.4) is 0 Å². The summed E-state index contributed by atoms with van der Waals surface area (Å²) in [6, 6.07) is 36.1. The minimum atomic E-state index is -0.932. The van der Waals surface area contributed by atoms with Gasteiger partial charge in [-0.25, -0.2) is 4.79 Å². The molecular weight excluding hydrogens is 454 g/mol. The van der Waals surface area contributed by atoms with Gasteiger partial charge in [0.25, 0.3) is 0 Å². The van der Waals surface area contributed by atoms with E-state index in [4.69, 9.17) is 4.74 Å². The fourth-order valence-electron chi connectivity index (χ4n) is 4.37. The van der Waals surface area contributed by atoms with E-state index in [1.807, 2.05) is 67.6 Å². The van der Waals surface area contributed by atoms with E-state index in [9.17, 15) is 9.90 Å². The van der Waals surface area contributed by atoms with Crippen LogP contribution in [-0.2, 0) is 4.75 Å². The van der Waals surface area contributed by atoms with Gasteiger partial charge in [0.15, 0.2) is 0 Å². The molecule has 0 aliphatic carbocycles. The van der Waals surface area contributed by atoms with E-state index in [2.05, 4.69) is 41.7 Å². The van der Waals surface area contributed by atoms with Crippen LogP contribution in [0.1, 0.15) is 44.9 Å². The van der Waals surface area contributed by atoms with Crippen molar-refractivity contribution in [3.8, 4) is 5.75 Å². The number of carboxylic acid groups (broad SMARTS) is 1. The first-order chi connectivity index (χ1) is 17.1. The number of hydrogen-bond donors (Lipinski definition) is 2. The van der Waals surface area contributed by atoms with Crippen molar-refractivity contribution in [1.82, 2.24) is 5.32 Å². The second kappa shape index (κ2) is 11.3. The first kappa shape index (κ1) is 24.6. The molecule has 0 radical (unpaired) electrons. The fourth-order valence-corrected chi connectivity index (χ4v) is 6.13. The monoisotopic (exact) mass is 483 g/mol. The third kappa shape index (κ3) is 5.11. The first-order valence-corrected chi connectivity index (χ1v) is 12.5. The van der Waals surface area contributed by atoms with Gasteiger partial charge in [-0.05, 0) is 47.0 Å². The van der Waals surface area contributed by atoms with E-state index in [-0.39, 0.29) is 5.37 Å². The molecule has 4 aromatic carbocycles. The molecule has 0 amide bonds. The SMILES string of the molecule is CCNC(SC(c1ccccc1)(c1ccccc1)c1ccc(OC)cc1)c1ccccc1C(=O)O. The zero-order chi connectivity index (χ0) is 24.7. The third-order valence-electron chi connectivity index (χ3n) is 6.01. The van der Waals surface area contributed by atoms with Gasteiger partial charge in [-0.2, -0.15) is 0 Å². The summed E-state index contributed by atoms with van der Waals surface area (Å²) in [7, 11) is 1.66. The topological polar surface area (TPSA) is 58.6 Å². The van der Waals surface area contributed by atoms with Crippen molar-refractivity contribution in [3.63, 3.8) is 0 Å². The van der Waals surface area contributed by atoms with Crippen LogP contribution in [0.2, 0.25) is 0 Å². The lowest BCUT2D eigenvalue weighted by Crippen LogP contribution is -2.31. The summed E-state index contributed by atoms with van der Waals surface area (Å²) in [4.78, 5) is 12.1. The van der Waals surface area contributed by atoms with E-state index in [0.717, 1.165) is 28.0 Å². The summed E-state index contributed by atoms with van der Waals surface area (Å²) in [6.45, 7) is 2.73. The minimum Gasteiger partial charge on any atom is -0.497 e. The number of hydrogen-bond acceptors (Lipinski definition) is 4. The van der Waals surface area contributed by atoms with Gasteiger partial charge in [0.2, 0.25) is 0 Å². The first-order valence-electron chi connectivity index (χ1n) is 11.6. The number of aromatic carboxylic acids is 1. The molecule has 0 heterocycles. The average Bonchev–Trinajstić information content (AvgIpc) is 2.92. The lowest BCUT2D eigenvalue weighted by Gasteiger charge is -2.39. The summed E-state index contributed by atoms with van der Waals surface area (Å²) in [5.41, 5.74) is 4.35. The molecule has 4 rings (SSSR count). The Morgan fingerprint density at radius 3 is 1.86 bits per heavy atom. The van der Waals surface area contributed by atoms with Crippen molar-refractivity contribution in [3.05, 3.63) is 137 Å². The van der Waals surface area contributed by atoms with E-state index in [1.54, 1.807) is 31.0 Å². The fraction of sp³-hybridized carbons (Fsp3) is 0.167. The Bertz CT molecular complexity index is 1200. The molecule has 0 saturated carbocycles. The Hall–Kier alpha value is -3.54. The molecule has 0 fully saturated rings. The summed E-state index contributed by atoms with van der Waals surface area (Å²) in [5.74, 6) is -0.146. The molecule has 0 bridgehead atoms. The number of thioether (sulfide) groups is 1. The van der Waals surface area contributed by atoms with Crippen LogP contribution in [0.4, 0.5) is 0 Å². The zero-order valence-electron chi connectivity index (χ0n) is 19.8. The number of nitrogens with one attached hydrogen (secondary N) is 1. The molecule has 1 unspecified atom stereocenters. The molecule has 0 aromatic heterocycles. The highest BCUT2D eigenvalue weighted by molar-refractivity contribution is 8.00. The molecule has 5 heteroatoms. The standard InChI is InChI=1S/C30H29NO3S/c1-3-31-28(26-16-10-11-17-27(26)29(32)33)35-30(22-12-6-4-7-13-22,23-14-8-5-9-15-23)24-18-20-25(34-2)21-19-24/h4-21,28,31H,3H2,1-2H3,(H,32,33). The van der Waals surface area contributed by atoms with Crippen LogP contribution in [0.15, 0.2) is 109 Å². The maximum atomic E-state index is 12.1. The summed E-state index contributed by atoms with van der Waals surface area (Å²) < 4.78 is 4.82. The summed E-state index contributed by atoms with van der Waals surface area (Å²) in [6.07, 6.45) is 0. The van der Waals surface area contributed by atoms with Crippen LogP contribution in [0.5, 0.6) is 5.75 Å². The van der Waals surface area contributed by atoms with Crippen LogP contribution >= 0.6 is 11.8 Å². The molecule has 4 nitrogen and oxygen atoms in total. The van der Waals surface area contributed by atoms with Crippen molar-refractivity contribution >= 4 is 17.7 Å². The van der Waals surface area contributed by atoms with Gasteiger partial charge >= 0.3 is 5.97 Å².